The largest absolute Gasteiger partial charge is 0.325 e. The monoisotopic (exact) mass is 335 g/mol. The van der Waals surface area contributed by atoms with Crippen LogP contribution in [0.25, 0.3) is 10.8 Å². The zero-order chi connectivity index (χ0) is 16.9. The van der Waals surface area contributed by atoms with E-state index in [4.69, 9.17) is 0 Å². The summed E-state index contributed by atoms with van der Waals surface area (Å²) in [5.41, 5.74) is 4.48. The molecule has 24 heavy (non-hydrogen) atoms. The predicted molar refractivity (Wildman–Crippen MR) is 105 cm³/mol. The highest BCUT2D eigenvalue weighted by Crippen LogP contribution is 2.23. The van der Waals surface area contributed by atoms with Crippen molar-refractivity contribution >= 4 is 34.1 Å². The Balaban J connectivity index is 1.58. The summed E-state index contributed by atoms with van der Waals surface area (Å²) in [5.74, 6) is 1.34. The third kappa shape index (κ3) is 3.98. The molecular weight excluding hydrogens is 314 g/mol. The molecule has 0 aliphatic rings. The maximum Gasteiger partial charge on any atom is 0.234 e. The van der Waals surface area contributed by atoms with Crippen LogP contribution in [0.2, 0.25) is 0 Å². The molecule has 0 bridgehead atoms. The highest BCUT2D eigenvalue weighted by atomic mass is 32.2. The van der Waals surface area contributed by atoms with E-state index >= 15 is 0 Å². The van der Waals surface area contributed by atoms with Gasteiger partial charge < -0.3 is 5.32 Å². The Morgan fingerprint density at radius 2 is 1.79 bits per heavy atom. The molecule has 0 aliphatic heterocycles. The number of fused-ring (bicyclic) bond motifs is 1. The lowest BCUT2D eigenvalue weighted by Crippen LogP contribution is -2.15. The molecule has 1 N–H and O–H groups in total. The molecule has 0 spiro atoms. The van der Waals surface area contributed by atoms with Gasteiger partial charge in [-0.25, -0.2) is 0 Å². The summed E-state index contributed by atoms with van der Waals surface area (Å²) in [6, 6.07) is 20.8. The van der Waals surface area contributed by atoms with Crippen molar-refractivity contribution in [1.82, 2.24) is 0 Å². The number of benzene rings is 3. The third-order valence-electron chi connectivity index (χ3n) is 4.03. The molecule has 0 unspecified atom stereocenters. The first-order valence-electron chi connectivity index (χ1n) is 8.05. The van der Waals surface area contributed by atoms with Crippen molar-refractivity contribution in [2.24, 2.45) is 0 Å². The van der Waals surface area contributed by atoms with E-state index in [2.05, 4.69) is 60.8 Å². The van der Waals surface area contributed by atoms with Crippen LogP contribution in [0.15, 0.2) is 60.7 Å². The van der Waals surface area contributed by atoms with Gasteiger partial charge in [-0.2, -0.15) is 0 Å². The quantitative estimate of drug-likeness (QED) is 0.683. The first kappa shape index (κ1) is 16.6. The smallest absolute Gasteiger partial charge is 0.234 e. The minimum absolute atomic E-state index is 0.0483. The van der Waals surface area contributed by atoms with Gasteiger partial charge in [-0.05, 0) is 41.8 Å². The molecule has 1 amide bonds. The molecular formula is C21H21NOS. The van der Waals surface area contributed by atoms with Gasteiger partial charge in [-0.15, -0.1) is 11.8 Å². The Bertz CT molecular complexity index is 867. The van der Waals surface area contributed by atoms with Crippen LogP contribution in [0.5, 0.6) is 0 Å². The second kappa shape index (κ2) is 7.54. The highest BCUT2D eigenvalue weighted by Gasteiger charge is 2.06. The van der Waals surface area contributed by atoms with E-state index in [9.17, 15) is 4.79 Å². The summed E-state index contributed by atoms with van der Waals surface area (Å²) in [5, 5.41) is 5.51. The van der Waals surface area contributed by atoms with Gasteiger partial charge in [0.15, 0.2) is 0 Å². The number of thioether (sulfide) groups is 1. The number of carbonyl (C=O) groups excluding carboxylic acids is 1. The molecule has 3 aromatic rings. The number of rotatable bonds is 5. The molecule has 3 aromatic carbocycles. The van der Waals surface area contributed by atoms with Crippen molar-refractivity contribution < 1.29 is 4.79 Å². The summed E-state index contributed by atoms with van der Waals surface area (Å²) in [6.45, 7) is 4.07. The van der Waals surface area contributed by atoms with E-state index in [1.165, 1.54) is 21.9 Å². The summed E-state index contributed by atoms with van der Waals surface area (Å²) in [7, 11) is 0. The topological polar surface area (TPSA) is 29.1 Å². The Labute approximate surface area is 147 Å². The fraction of sp³-hybridized carbons (Fsp3) is 0.190. The lowest BCUT2D eigenvalue weighted by atomic mass is 10.1. The van der Waals surface area contributed by atoms with Gasteiger partial charge in [0.25, 0.3) is 0 Å². The molecule has 0 fully saturated rings. The SMILES string of the molecule is Cc1ccc(NC(=O)CSCc2cccc3ccccc23)c(C)c1. The lowest BCUT2D eigenvalue weighted by molar-refractivity contribution is -0.113. The predicted octanol–water partition coefficient (Wildman–Crippen LogP) is 5.33. The van der Waals surface area contributed by atoms with Gasteiger partial charge in [-0.3, -0.25) is 4.79 Å². The van der Waals surface area contributed by atoms with E-state index in [1.807, 2.05) is 19.1 Å². The molecule has 0 atom stereocenters. The summed E-state index contributed by atoms with van der Waals surface area (Å²) in [4.78, 5) is 12.2. The summed E-state index contributed by atoms with van der Waals surface area (Å²) >= 11 is 1.65. The molecule has 0 aliphatic carbocycles. The van der Waals surface area contributed by atoms with Crippen molar-refractivity contribution in [1.29, 1.82) is 0 Å². The van der Waals surface area contributed by atoms with Crippen molar-refractivity contribution in [3.8, 4) is 0 Å². The standard InChI is InChI=1S/C21H21NOS/c1-15-10-11-20(16(2)12-15)22-21(23)14-24-13-18-8-5-7-17-6-3-4-9-19(17)18/h3-12H,13-14H2,1-2H3,(H,22,23). The zero-order valence-corrected chi connectivity index (χ0v) is 14.8. The number of aryl methyl sites for hydroxylation is 2. The van der Waals surface area contributed by atoms with E-state index in [0.717, 1.165) is 17.0 Å². The first-order chi connectivity index (χ1) is 11.6. The molecule has 0 saturated heterocycles. The van der Waals surface area contributed by atoms with Gasteiger partial charge in [-0.1, -0.05) is 60.2 Å². The van der Waals surface area contributed by atoms with Gasteiger partial charge >= 0.3 is 0 Å². The van der Waals surface area contributed by atoms with Crippen molar-refractivity contribution in [3.63, 3.8) is 0 Å². The lowest BCUT2D eigenvalue weighted by Gasteiger charge is -2.10. The maximum absolute atomic E-state index is 12.2. The molecule has 0 aromatic heterocycles. The van der Waals surface area contributed by atoms with Crippen LogP contribution in [-0.2, 0) is 10.5 Å². The van der Waals surface area contributed by atoms with Crippen LogP contribution in [0.4, 0.5) is 5.69 Å². The van der Waals surface area contributed by atoms with Gasteiger partial charge in [0, 0.05) is 11.4 Å². The zero-order valence-electron chi connectivity index (χ0n) is 14.0. The van der Waals surface area contributed by atoms with E-state index < -0.39 is 0 Å². The maximum atomic E-state index is 12.2. The molecule has 0 heterocycles. The number of carbonyl (C=O) groups is 1. The fourth-order valence-electron chi connectivity index (χ4n) is 2.81. The number of hydrogen-bond donors (Lipinski definition) is 1. The second-order valence-electron chi connectivity index (χ2n) is 6.00. The van der Waals surface area contributed by atoms with Crippen molar-refractivity contribution in [2.45, 2.75) is 19.6 Å². The number of anilines is 1. The van der Waals surface area contributed by atoms with Crippen LogP contribution >= 0.6 is 11.8 Å². The van der Waals surface area contributed by atoms with Gasteiger partial charge in [0.2, 0.25) is 5.91 Å². The van der Waals surface area contributed by atoms with E-state index in [-0.39, 0.29) is 5.91 Å². The average Bonchev–Trinajstić information content (AvgIpc) is 2.58. The van der Waals surface area contributed by atoms with Crippen LogP contribution in [-0.4, -0.2) is 11.7 Å². The number of amides is 1. The summed E-state index contributed by atoms with van der Waals surface area (Å²) in [6.07, 6.45) is 0. The Morgan fingerprint density at radius 1 is 1.00 bits per heavy atom. The Hall–Kier alpha value is -2.26. The first-order valence-corrected chi connectivity index (χ1v) is 9.20. The average molecular weight is 335 g/mol. The van der Waals surface area contributed by atoms with Crippen LogP contribution in [0.1, 0.15) is 16.7 Å². The van der Waals surface area contributed by atoms with E-state index in [1.54, 1.807) is 11.8 Å². The van der Waals surface area contributed by atoms with Gasteiger partial charge in [0.05, 0.1) is 5.75 Å². The Kier molecular flexibility index (Phi) is 5.21. The third-order valence-corrected chi connectivity index (χ3v) is 5.01. The minimum atomic E-state index is 0.0483. The van der Waals surface area contributed by atoms with Crippen molar-refractivity contribution in [3.05, 3.63) is 77.4 Å². The van der Waals surface area contributed by atoms with Gasteiger partial charge in [0.1, 0.15) is 0 Å². The molecule has 122 valence electrons. The normalized spacial score (nSPS) is 10.8. The van der Waals surface area contributed by atoms with Crippen LogP contribution in [0, 0.1) is 13.8 Å². The number of nitrogens with one attached hydrogen (secondary N) is 1. The van der Waals surface area contributed by atoms with Crippen LogP contribution in [0.3, 0.4) is 0 Å². The molecule has 3 rings (SSSR count). The summed E-state index contributed by atoms with van der Waals surface area (Å²) < 4.78 is 0. The highest BCUT2D eigenvalue weighted by molar-refractivity contribution is 7.99. The second-order valence-corrected chi connectivity index (χ2v) is 6.98. The molecule has 0 radical (unpaired) electrons. The van der Waals surface area contributed by atoms with Crippen molar-refractivity contribution in [2.75, 3.05) is 11.1 Å². The molecule has 0 saturated carbocycles. The molecule has 2 nitrogen and oxygen atoms in total. The van der Waals surface area contributed by atoms with E-state index in [0.29, 0.717) is 5.75 Å². The fourth-order valence-corrected chi connectivity index (χ4v) is 3.64. The van der Waals surface area contributed by atoms with Crippen LogP contribution < -0.4 is 5.32 Å². The molecule has 3 heteroatoms. The number of hydrogen-bond acceptors (Lipinski definition) is 2. The minimum Gasteiger partial charge on any atom is -0.325 e. The Morgan fingerprint density at radius 3 is 2.62 bits per heavy atom.